The number of hydrogen-bond donors (Lipinski definition) is 0. The van der Waals surface area contributed by atoms with E-state index in [0.717, 1.165) is 31.4 Å². The lowest BCUT2D eigenvalue weighted by Gasteiger charge is -2.20. The molecule has 0 aliphatic rings. The molecule has 0 saturated heterocycles. The van der Waals surface area contributed by atoms with Gasteiger partial charge in [0, 0.05) is 16.9 Å². The van der Waals surface area contributed by atoms with E-state index in [1.165, 1.54) is 16.9 Å². The van der Waals surface area contributed by atoms with Crippen LogP contribution in [0.25, 0.3) is 10.2 Å². The van der Waals surface area contributed by atoms with Crippen LogP contribution in [-0.2, 0) is 17.8 Å². The lowest BCUT2D eigenvalue weighted by atomic mass is 10.0. The number of pyridine rings is 1. The van der Waals surface area contributed by atoms with E-state index in [9.17, 15) is 4.79 Å². The molecule has 1 amide bonds. The number of nitrogens with zero attached hydrogens (tertiary/aromatic N) is 3. The number of halogens is 1. The van der Waals surface area contributed by atoms with E-state index in [0.29, 0.717) is 18.1 Å². The third-order valence-electron chi connectivity index (χ3n) is 4.80. The fourth-order valence-corrected chi connectivity index (χ4v) is 4.77. The van der Waals surface area contributed by atoms with E-state index in [1.54, 1.807) is 17.3 Å². The first-order valence-electron chi connectivity index (χ1n) is 9.31. The number of aromatic nitrogens is 2. The van der Waals surface area contributed by atoms with Crippen LogP contribution in [0.5, 0.6) is 0 Å². The third-order valence-corrected chi connectivity index (χ3v) is 6.34. The normalized spacial score (nSPS) is 11.0. The molecule has 2 aromatic carbocycles. The maximum absolute atomic E-state index is 13.4. The first kappa shape index (κ1) is 19.7. The van der Waals surface area contributed by atoms with Gasteiger partial charge in [-0.2, -0.15) is 0 Å². The summed E-state index contributed by atoms with van der Waals surface area (Å²) in [5, 5.41) is 0.713. The molecule has 0 saturated carbocycles. The smallest absolute Gasteiger partial charge is 0.233 e. The number of rotatable bonds is 5. The van der Waals surface area contributed by atoms with Crippen molar-refractivity contribution in [3.05, 3.63) is 87.7 Å². The van der Waals surface area contributed by atoms with Gasteiger partial charge in [-0.1, -0.05) is 51.0 Å². The number of fused-ring (bicyclic) bond motifs is 1. The number of carbonyl (C=O) groups excluding carboxylic acids is 1. The molecular weight excluding hydrogens is 446 g/mol. The average molecular weight is 466 g/mol. The van der Waals surface area contributed by atoms with Crippen molar-refractivity contribution in [1.29, 1.82) is 0 Å². The summed E-state index contributed by atoms with van der Waals surface area (Å²) < 4.78 is 2.05. The zero-order valence-electron chi connectivity index (χ0n) is 16.2. The molecule has 0 atom stereocenters. The van der Waals surface area contributed by atoms with Crippen molar-refractivity contribution >= 4 is 48.5 Å². The lowest BCUT2D eigenvalue weighted by molar-refractivity contribution is -0.118. The van der Waals surface area contributed by atoms with E-state index < -0.39 is 0 Å². The van der Waals surface area contributed by atoms with Crippen molar-refractivity contribution in [2.45, 2.75) is 26.8 Å². The van der Waals surface area contributed by atoms with Gasteiger partial charge in [0.15, 0.2) is 5.13 Å². The van der Waals surface area contributed by atoms with Gasteiger partial charge in [-0.15, -0.1) is 0 Å². The summed E-state index contributed by atoms with van der Waals surface area (Å²) in [4.78, 5) is 24.0. The Morgan fingerprint density at radius 1 is 1.07 bits per heavy atom. The third kappa shape index (κ3) is 4.54. The van der Waals surface area contributed by atoms with E-state index in [2.05, 4.69) is 46.9 Å². The van der Waals surface area contributed by atoms with Crippen molar-refractivity contribution in [2.75, 3.05) is 4.90 Å². The minimum absolute atomic E-state index is 0.0342. The summed E-state index contributed by atoms with van der Waals surface area (Å²) >= 11 is 5.04. The Balaban J connectivity index is 1.69. The summed E-state index contributed by atoms with van der Waals surface area (Å²) in [5.41, 5.74) is 5.30. The number of aryl methyl sites for hydroxylation is 2. The molecule has 4 aromatic rings. The second kappa shape index (κ2) is 8.43. The monoisotopic (exact) mass is 465 g/mol. The van der Waals surface area contributed by atoms with Gasteiger partial charge < -0.3 is 0 Å². The second-order valence-electron chi connectivity index (χ2n) is 7.05. The molecule has 0 aliphatic heterocycles. The van der Waals surface area contributed by atoms with Gasteiger partial charge in [0.1, 0.15) is 0 Å². The van der Waals surface area contributed by atoms with Crippen LogP contribution >= 0.6 is 27.3 Å². The largest absolute Gasteiger partial charge is 0.283 e. The highest BCUT2D eigenvalue weighted by atomic mass is 79.9. The van der Waals surface area contributed by atoms with Crippen LogP contribution < -0.4 is 4.90 Å². The van der Waals surface area contributed by atoms with E-state index in [4.69, 9.17) is 4.98 Å². The minimum atomic E-state index is 0.0342. The van der Waals surface area contributed by atoms with Crippen molar-refractivity contribution in [3.63, 3.8) is 0 Å². The highest BCUT2D eigenvalue weighted by molar-refractivity contribution is 9.10. The molecule has 0 radical (unpaired) electrons. The molecular formula is C23H20BrN3OS. The predicted molar refractivity (Wildman–Crippen MR) is 122 cm³/mol. The predicted octanol–water partition coefficient (Wildman–Crippen LogP) is 5.85. The van der Waals surface area contributed by atoms with Gasteiger partial charge in [0.05, 0.1) is 23.2 Å². The molecule has 0 aliphatic carbocycles. The van der Waals surface area contributed by atoms with E-state index >= 15 is 0 Å². The van der Waals surface area contributed by atoms with Crippen LogP contribution in [0.1, 0.15) is 22.3 Å². The van der Waals surface area contributed by atoms with Crippen molar-refractivity contribution in [1.82, 2.24) is 9.97 Å². The minimum Gasteiger partial charge on any atom is -0.283 e. The molecule has 4 nitrogen and oxygen atoms in total. The zero-order valence-corrected chi connectivity index (χ0v) is 18.6. The topological polar surface area (TPSA) is 46.1 Å². The number of benzene rings is 2. The average Bonchev–Trinajstić information content (AvgIpc) is 3.11. The standard InChI is InChI=1S/C23H20BrN3OS/c1-15-3-4-18(16(2)11-15)12-22(28)27(14-17-7-9-25-10-8-17)23-26-20-6-5-19(24)13-21(20)29-23/h3-11,13H,12,14H2,1-2H3. The van der Waals surface area contributed by atoms with Gasteiger partial charge in [0.2, 0.25) is 5.91 Å². The Morgan fingerprint density at radius 2 is 1.86 bits per heavy atom. The van der Waals surface area contributed by atoms with Gasteiger partial charge in [0.25, 0.3) is 0 Å². The fourth-order valence-electron chi connectivity index (χ4n) is 3.24. The molecule has 0 unspecified atom stereocenters. The summed E-state index contributed by atoms with van der Waals surface area (Å²) in [6.07, 6.45) is 3.84. The molecule has 0 spiro atoms. The molecule has 29 heavy (non-hydrogen) atoms. The highest BCUT2D eigenvalue weighted by Gasteiger charge is 2.21. The molecule has 4 rings (SSSR count). The summed E-state index contributed by atoms with van der Waals surface area (Å²) in [6.45, 7) is 4.58. The van der Waals surface area contributed by atoms with Gasteiger partial charge >= 0.3 is 0 Å². The Morgan fingerprint density at radius 3 is 2.62 bits per heavy atom. The van der Waals surface area contributed by atoms with Crippen LogP contribution in [-0.4, -0.2) is 15.9 Å². The summed E-state index contributed by atoms with van der Waals surface area (Å²) in [5.74, 6) is 0.0342. The first-order chi connectivity index (χ1) is 14.0. The molecule has 0 fully saturated rings. The van der Waals surface area contributed by atoms with Crippen molar-refractivity contribution in [3.8, 4) is 0 Å². The van der Waals surface area contributed by atoms with Crippen LogP contribution in [0.15, 0.2) is 65.4 Å². The van der Waals surface area contributed by atoms with E-state index in [-0.39, 0.29) is 5.91 Å². The Bertz CT molecular complexity index is 1170. The SMILES string of the molecule is Cc1ccc(CC(=O)N(Cc2ccncc2)c2nc3ccc(Br)cc3s2)c(C)c1. The number of hydrogen-bond acceptors (Lipinski definition) is 4. The van der Waals surface area contributed by atoms with E-state index in [1.807, 2.05) is 36.4 Å². The molecule has 146 valence electrons. The molecule has 0 bridgehead atoms. The van der Waals surface area contributed by atoms with Gasteiger partial charge in [-0.3, -0.25) is 14.7 Å². The molecule has 0 N–H and O–H groups in total. The summed E-state index contributed by atoms with van der Waals surface area (Å²) in [6, 6.07) is 16.1. The maximum Gasteiger partial charge on any atom is 0.233 e. The van der Waals surface area contributed by atoms with Crippen LogP contribution in [0, 0.1) is 13.8 Å². The van der Waals surface area contributed by atoms with Crippen molar-refractivity contribution in [2.24, 2.45) is 0 Å². The van der Waals surface area contributed by atoms with Crippen molar-refractivity contribution < 1.29 is 4.79 Å². The van der Waals surface area contributed by atoms with Crippen LogP contribution in [0.3, 0.4) is 0 Å². The summed E-state index contributed by atoms with van der Waals surface area (Å²) in [7, 11) is 0. The molecule has 2 aromatic heterocycles. The zero-order chi connectivity index (χ0) is 20.4. The number of carbonyl (C=O) groups is 1. The van der Waals surface area contributed by atoms with Crippen LogP contribution in [0.4, 0.5) is 5.13 Å². The Labute approximate surface area is 182 Å². The van der Waals surface area contributed by atoms with Gasteiger partial charge in [-0.05, 0) is 60.9 Å². The Hall–Kier alpha value is -2.57. The maximum atomic E-state index is 13.4. The second-order valence-corrected chi connectivity index (χ2v) is 8.98. The molecule has 2 heterocycles. The fraction of sp³-hybridized carbons (Fsp3) is 0.174. The van der Waals surface area contributed by atoms with Crippen LogP contribution in [0.2, 0.25) is 0 Å². The lowest BCUT2D eigenvalue weighted by Crippen LogP contribution is -2.31. The number of anilines is 1. The highest BCUT2D eigenvalue weighted by Crippen LogP contribution is 2.32. The Kier molecular flexibility index (Phi) is 5.74. The number of amides is 1. The van der Waals surface area contributed by atoms with Gasteiger partial charge in [-0.25, -0.2) is 4.98 Å². The first-order valence-corrected chi connectivity index (χ1v) is 10.9. The quantitative estimate of drug-likeness (QED) is 0.371. The number of thiazole rings is 1. The molecule has 6 heteroatoms.